The van der Waals surface area contributed by atoms with Gasteiger partial charge in [0, 0.05) is 11.3 Å². The first-order valence-corrected chi connectivity index (χ1v) is 9.26. The zero-order chi connectivity index (χ0) is 16.2. The maximum atomic E-state index is 12.5. The molecule has 1 aliphatic heterocycles. The lowest BCUT2D eigenvalue weighted by Crippen LogP contribution is -2.29. The van der Waals surface area contributed by atoms with Gasteiger partial charge in [0.2, 0.25) is 0 Å². The molecule has 0 unspecified atom stereocenters. The fraction of sp³-hybridized carbons (Fsp3) is 0.400. The molecule has 1 aliphatic rings. The Kier molecular flexibility index (Phi) is 5.29. The molecule has 1 fully saturated rings. The van der Waals surface area contributed by atoms with Gasteiger partial charge in [-0.25, -0.2) is 0 Å². The molecular formula is C20H24NOS. The molecule has 0 saturated carbocycles. The molecule has 2 heterocycles. The Morgan fingerprint density at radius 2 is 1.91 bits per heavy atom. The molecule has 3 rings (SSSR count). The summed E-state index contributed by atoms with van der Waals surface area (Å²) < 4.78 is 0. The predicted molar refractivity (Wildman–Crippen MR) is 98.1 cm³/mol. The van der Waals surface area contributed by atoms with Crippen LogP contribution in [-0.4, -0.2) is 18.9 Å². The predicted octanol–water partition coefficient (Wildman–Crippen LogP) is 4.93. The van der Waals surface area contributed by atoms with Crippen LogP contribution in [0.25, 0.3) is 10.4 Å². The summed E-state index contributed by atoms with van der Waals surface area (Å²) in [5.74, 6) is 1.10. The number of thiophene rings is 1. The molecule has 1 saturated heterocycles. The van der Waals surface area contributed by atoms with E-state index >= 15 is 0 Å². The molecule has 23 heavy (non-hydrogen) atoms. The number of rotatable bonds is 5. The number of nitrogens with one attached hydrogen (secondary N) is 1. The number of hydrogen-bond donors (Lipinski definition) is 1. The summed E-state index contributed by atoms with van der Waals surface area (Å²) in [6.45, 7) is 6.46. The molecular weight excluding hydrogens is 302 g/mol. The van der Waals surface area contributed by atoms with Gasteiger partial charge in [-0.2, -0.15) is 0 Å². The minimum atomic E-state index is 0.190. The van der Waals surface area contributed by atoms with E-state index in [4.69, 9.17) is 0 Å². The smallest absolute Gasteiger partial charge is 0.176 e. The molecule has 0 spiro atoms. The summed E-state index contributed by atoms with van der Waals surface area (Å²) in [7, 11) is 0. The average molecular weight is 326 g/mol. The van der Waals surface area contributed by atoms with Gasteiger partial charge in [0.15, 0.2) is 5.78 Å². The van der Waals surface area contributed by atoms with Crippen molar-refractivity contribution >= 4 is 17.1 Å². The van der Waals surface area contributed by atoms with Gasteiger partial charge >= 0.3 is 0 Å². The normalized spacial score (nSPS) is 16.0. The van der Waals surface area contributed by atoms with E-state index in [9.17, 15) is 4.79 Å². The zero-order valence-corrected chi connectivity index (χ0v) is 14.7. The van der Waals surface area contributed by atoms with E-state index in [1.807, 2.05) is 12.5 Å². The van der Waals surface area contributed by atoms with E-state index in [0.717, 1.165) is 30.8 Å². The first kappa shape index (κ1) is 16.4. The van der Waals surface area contributed by atoms with Crippen molar-refractivity contribution in [1.82, 2.24) is 5.32 Å². The quantitative estimate of drug-likeness (QED) is 0.790. The Morgan fingerprint density at radius 1 is 1.17 bits per heavy atom. The largest absolute Gasteiger partial charge is 0.317 e. The second kappa shape index (κ2) is 7.41. The van der Waals surface area contributed by atoms with E-state index in [1.54, 1.807) is 11.3 Å². The molecule has 1 radical (unpaired) electrons. The number of carbonyl (C=O) groups is 1. The van der Waals surface area contributed by atoms with Crippen LogP contribution in [0.5, 0.6) is 0 Å². The van der Waals surface area contributed by atoms with Crippen LogP contribution in [0.1, 0.15) is 47.8 Å². The number of Topliss-reactive ketones (excluding diaryl/α,β-unsaturated/α-hetero) is 1. The van der Waals surface area contributed by atoms with E-state index in [-0.39, 0.29) is 5.78 Å². The third kappa shape index (κ3) is 3.91. The summed E-state index contributed by atoms with van der Waals surface area (Å²) in [4.78, 5) is 14.6. The summed E-state index contributed by atoms with van der Waals surface area (Å²) >= 11 is 1.62. The number of ketones is 1. The highest BCUT2D eigenvalue weighted by Crippen LogP contribution is 2.34. The first-order valence-electron chi connectivity index (χ1n) is 8.44. The summed E-state index contributed by atoms with van der Waals surface area (Å²) in [5.41, 5.74) is 2.60. The molecule has 1 N–H and O–H groups in total. The second-order valence-corrected chi connectivity index (χ2v) is 7.61. The van der Waals surface area contributed by atoms with Crippen molar-refractivity contribution < 1.29 is 4.79 Å². The molecule has 0 bridgehead atoms. The molecule has 2 aromatic rings. The lowest BCUT2D eigenvalue weighted by molar-refractivity contribution is 0.101. The second-order valence-electron chi connectivity index (χ2n) is 6.52. The minimum absolute atomic E-state index is 0.190. The van der Waals surface area contributed by atoms with Gasteiger partial charge in [-0.1, -0.05) is 38.1 Å². The van der Waals surface area contributed by atoms with Crippen molar-refractivity contribution in [1.29, 1.82) is 0 Å². The van der Waals surface area contributed by atoms with Crippen molar-refractivity contribution in [2.75, 3.05) is 13.1 Å². The third-order valence-corrected chi connectivity index (χ3v) is 5.60. The van der Waals surface area contributed by atoms with Crippen LogP contribution in [0.4, 0.5) is 0 Å². The van der Waals surface area contributed by atoms with Crippen molar-refractivity contribution in [2.24, 2.45) is 5.92 Å². The number of carbonyl (C=O) groups excluding carboxylic acids is 1. The highest BCUT2D eigenvalue weighted by molar-refractivity contribution is 7.17. The summed E-state index contributed by atoms with van der Waals surface area (Å²) in [6, 6.07) is 12.6. The minimum Gasteiger partial charge on any atom is -0.317 e. The third-order valence-electron chi connectivity index (χ3n) is 4.47. The average Bonchev–Trinajstić information content (AvgIpc) is 3.06. The molecule has 3 heteroatoms. The molecule has 2 nitrogen and oxygen atoms in total. The Balaban J connectivity index is 1.76. The fourth-order valence-corrected chi connectivity index (χ4v) is 4.12. The summed E-state index contributed by atoms with van der Waals surface area (Å²) in [5, 5.41) is 3.34. The maximum Gasteiger partial charge on any atom is 0.176 e. The molecule has 0 amide bonds. The molecule has 121 valence electrons. The molecule has 1 aromatic carbocycles. The number of piperidine rings is 1. The first-order chi connectivity index (χ1) is 11.1. The Labute approximate surface area is 142 Å². The van der Waals surface area contributed by atoms with Gasteiger partial charge in [-0.15, -0.1) is 11.3 Å². The van der Waals surface area contributed by atoms with Crippen LogP contribution in [0.15, 0.2) is 36.4 Å². The maximum absolute atomic E-state index is 12.5. The van der Waals surface area contributed by atoms with Gasteiger partial charge < -0.3 is 5.32 Å². The van der Waals surface area contributed by atoms with Gasteiger partial charge in [0.1, 0.15) is 0 Å². The molecule has 0 aliphatic carbocycles. The highest BCUT2D eigenvalue weighted by Gasteiger charge is 2.20. The Bertz CT molecular complexity index is 668. The molecule has 0 atom stereocenters. The lowest BCUT2D eigenvalue weighted by Gasteiger charge is -2.21. The van der Waals surface area contributed by atoms with Gasteiger partial charge in [-0.3, -0.25) is 4.79 Å². The Morgan fingerprint density at radius 3 is 2.65 bits per heavy atom. The van der Waals surface area contributed by atoms with Crippen molar-refractivity contribution in [3.05, 3.63) is 53.3 Å². The topological polar surface area (TPSA) is 29.1 Å². The van der Waals surface area contributed by atoms with Crippen LogP contribution in [0.2, 0.25) is 0 Å². The standard InChI is InChI=1S/C20H24NOS/c1-14(2)16-5-3-4-6-17(16)19-7-8-20(23-19)18(22)13-15-9-11-21-12-10-15/h3-8,13-15,21H,9-12H2,1-2H3. The van der Waals surface area contributed by atoms with Crippen molar-refractivity contribution in [2.45, 2.75) is 32.6 Å². The van der Waals surface area contributed by atoms with E-state index in [0.29, 0.717) is 11.8 Å². The highest BCUT2D eigenvalue weighted by atomic mass is 32.1. The van der Waals surface area contributed by atoms with Crippen molar-refractivity contribution in [3.8, 4) is 10.4 Å². The van der Waals surface area contributed by atoms with Gasteiger partial charge in [0.25, 0.3) is 0 Å². The van der Waals surface area contributed by atoms with Crippen LogP contribution in [0, 0.1) is 12.3 Å². The number of benzene rings is 1. The Hall–Kier alpha value is -1.45. The summed E-state index contributed by atoms with van der Waals surface area (Å²) in [6.07, 6.45) is 4.07. The molecule has 1 aromatic heterocycles. The lowest BCUT2D eigenvalue weighted by atomic mass is 9.92. The van der Waals surface area contributed by atoms with Gasteiger partial charge in [-0.05, 0) is 61.0 Å². The number of hydrogen-bond acceptors (Lipinski definition) is 3. The monoisotopic (exact) mass is 326 g/mol. The van der Waals surface area contributed by atoms with Crippen LogP contribution in [0.3, 0.4) is 0 Å². The fourth-order valence-electron chi connectivity index (χ4n) is 3.15. The van der Waals surface area contributed by atoms with E-state index in [2.05, 4.69) is 49.5 Å². The van der Waals surface area contributed by atoms with E-state index in [1.165, 1.54) is 16.0 Å². The van der Waals surface area contributed by atoms with Crippen LogP contribution >= 0.6 is 11.3 Å². The van der Waals surface area contributed by atoms with Crippen LogP contribution in [-0.2, 0) is 0 Å². The van der Waals surface area contributed by atoms with Crippen LogP contribution < -0.4 is 5.32 Å². The SMILES string of the molecule is CC(C)c1ccccc1-c1ccc(C(=O)[CH]C2CCNCC2)s1. The van der Waals surface area contributed by atoms with Gasteiger partial charge in [0.05, 0.1) is 4.88 Å². The van der Waals surface area contributed by atoms with E-state index < -0.39 is 0 Å². The van der Waals surface area contributed by atoms with Crippen molar-refractivity contribution in [3.63, 3.8) is 0 Å². The zero-order valence-electron chi connectivity index (χ0n) is 13.8.